The molecule has 17 nitrogen and oxygen atoms in total. The van der Waals surface area contributed by atoms with Crippen LogP contribution in [-0.4, -0.2) is 96.7 Å². The molecule has 0 aliphatic carbocycles. The molecule has 0 amide bonds. The van der Waals surface area contributed by atoms with Crippen LogP contribution in [0.4, 0.5) is 0 Å². The summed E-state index contributed by atoms with van der Waals surface area (Å²) in [5.41, 5.74) is 0. The highest BCUT2D eigenvalue weighted by molar-refractivity contribution is 7.47. The Hall–Kier alpha value is -1.94. The Labute approximate surface area is 556 Å². The van der Waals surface area contributed by atoms with Crippen molar-refractivity contribution in [2.75, 3.05) is 39.6 Å². The molecule has 0 radical (unpaired) electrons. The van der Waals surface area contributed by atoms with Gasteiger partial charge in [0.25, 0.3) is 0 Å². The predicted molar refractivity (Wildman–Crippen MR) is 368 cm³/mol. The van der Waals surface area contributed by atoms with Gasteiger partial charge in [0, 0.05) is 25.7 Å². The first-order chi connectivity index (χ1) is 43.7. The molecule has 5 atom stereocenters. The van der Waals surface area contributed by atoms with Gasteiger partial charge in [0.15, 0.2) is 12.2 Å². The van der Waals surface area contributed by atoms with E-state index < -0.39 is 97.5 Å². The minimum absolute atomic E-state index is 0.105. The van der Waals surface area contributed by atoms with Crippen molar-refractivity contribution in [3.63, 3.8) is 0 Å². The fourth-order valence-corrected chi connectivity index (χ4v) is 12.5. The number of hydrogen-bond donors (Lipinski definition) is 3. The number of carbonyl (C=O) groups is 4. The molecule has 2 unspecified atom stereocenters. The number of esters is 4. The third-order valence-electron chi connectivity index (χ3n) is 16.6. The molecule has 540 valence electrons. The number of rotatable bonds is 70. The lowest BCUT2D eigenvalue weighted by Crippen LogP contribution is -2.30. The predicted octanol–water partition coefficient (Wildman–Crippen LogP) is 20.6. The summed E-state index contributed by atoms with van der Waals surface area (Å²) in [6, 6.07) is 0. The summed E-state index contributed by atoms with van der Waals surface area (Å²) in [4.78, 5) is 72.5. The van der Waals surface area contributed by atoms with Crippen LogP contribution in [0.2, 0.25) is 0 Å². The second kappa shape index (κ2) is 62.8. The van der Waals surface area contributed by atoms with Crippen molar-refractivity contribution >= 4 is 39.5 Å². The maximum absolute atomic E-state index is 13.0. The summed E-state index contributed by atoms with van der Waals surface area (Å²) < 4.78 is 68.3. The lowest BCUT2D eigenvalue weighted by atomic mass is 10.0. The number of hydrogen-bond acceptors (Lipinski definition) is 15. The topological polar surface area (TPSA) is 237 Å². The number of ether oxygens (including phenoxy) is 4. The van der Waals surface area contributed by atoms with Gasteiger partial charge in [-0.2, -0.15) is 0 Å². The van der Waals surface area contributed by atoms with Crippen LogP contribution in [0.3, 0.4) is 0 Å². The van der Waals surface area contributed by atoms with Gasteiger partial charge in [0.05, 0.1) is 26.4 Å². The molecule has 0 fully saturated rings. The van der Waals surface area contributed by atoms with E-state index in [1.807, 2.05) is 0 Å². The van der Waals surface area contributed by atoms with Crippen molar-refractivity contribution in [3.8, 4) is 0 Å². The van der Waals surface area contributed by atoms with E-state index in [1.54, 1.807) is 0 Å². The van der Waals surface area contributed by atoms with Gasteiger partial charge in [-0.3, -0.25) is 37.3 Å². The largest absolute Gasteiger partial charge is 0.472 e. The van der Waals surface area contributed by atoms with Gasteiger partial charge in [-0.15, -0.1) is 0 Å². The Morgan fingerprint density at radius 3 is 0.747 bits per heavy atom. The van der Waals surface area contributed by atoms with E-state index in [9.17, 15) is 43.2 Å². The minimum atomic E-state index is -4.95. The van der Waals surface area contributed by atoms with Gasteiger partial charge in [0.1, 0.15) is 19.3 Å². The average molecular weight is 1340 g/mol. The van der Waals surface area contributed by atoms with E-state index in [4.69, 9.17) is 37.0 Å². The molecule has 3 N–H and O–H groups in total. The molecule has 0 saturated carbocycles. The highest BCUT2D eigenvalue weighted by Crippen LogP contribution is 2.45. The molecule has 19 heteroatoms. The zero-order valence-corrected chi connectivity index (χ0v) is 61.1. The van der Waals surface area contributed by atoms with Crippen molar-refractivity contribution in [3.05, 3.63) is 0 Å². The first-order valence-electron chi connectivity index (χ1n) is 37.3. The average Bonchev–Trinajstić information content (AvgIpc) is 3.49. The van der Waals surface area contributed by atoms with Crippen LogP contribution < -0.4 is 0 Å². The standard InChI is InChI=1S/C72H140O17P2/c1-8-9-10-11-12-13-26-32-41-48-55-71(76)89-68(60-83-70(75)54-47-40-35-34-38-45-52-65(6)7)62-87-91(80,81)85-58-66(73)57-84-90(78,79)86-61-67(59-82-69(74)53-46-39-31-27-23-22-25-30-37-44-51-64(4)5)88-72(77)56-49-42-33-28-21-19-17-15-14-16-18-20-24-29-36-43-50-63(2)3/h63-68,73H,8-62H2,1-7H3,(H,78,79)(H,80,81)/t66-,67-,68-/m1/s1. The number of unbranched alkanes of at least 4 members (excludes halogenated alkanes) is 38. The molecule has 0 aromatic heterocycles. The van der Waals surface area contributed by atoms with Crippen LogP contribution >= 0.6 is 15.6 Å². The van der Waals surface area contributed by atoms with Crippen molar-refractivity contribution in [2.45, 2.75) is 381 Å². The summed E-state index contributed by atoms with van der Waals surface area (Å²) in [5, 5.41) is 10.6. The Balaban J connectivity index is 5.20. The molecule has 0 heterocycles. The summed E-state index contributed by atoms with van der Waals surface area (Å²) in [5.74, 6) is 0.122. The van der Waals surface area contributed by atoms with Crippen LogP contribution in [0.5, 0.6) is 0 Å². The number of aliphatic hydroxyl groups excluding tert-OH is 1. The third-order valence-corrected chi connectivity index (χ3v) is 18.5. The molecule has 0 bridgehead atoms. The first kappa shape index (κ1) is 89.1. The minimum Gasteiger partial charge on any atom is -0.462 e. The Kier molecular flexibility index (Phi) is 61.5. The van der Waals surface area contributed by atoms with E-state index in [0.29, 0.717) is 31.6 Å². The van der Waals surface area contributed by atoms with Crippen molar-refractivity contribution in [2.24, 2.45) is 17.8 Å². The van der Waals surface area contributed by atoms with Crippen molar-refractivity contribution in [1.29, 1.82) is 0 Å². The quantitative estimate of drug-likeness (QED) is 0.0222. The van der Waals surface area contributed by atoms with Gasteiger partial charge >= 0.3 is 39.5 Å². The van der Waals surface area contributed by atoms with Gasteiger partial charge < -0.3 is 33.8 Å². The van der Waals surface area contributed by atoms with E-state index in [0.717, 1.165) is 108 Å². The second-order valence-corrected chi connectivity index (χ2v) is 30.3. The lowest BCUT2D eigenvalue weighted by Gasteiger charge is -2.21. The normalized spacial score (nSPS) is 14.2. The Morgan fingerprint density at radius 1 is 0.297 bits per heavy atom. The lowest BCUT2D eigenvalue weighted by molar-refractivity contribution is -0.161. The number of aliphatic hydroxyl groups is 1. The van der Waals surface area contributed by atoms with Crippen LogP contribution in [0.25, 0.3) is 0 Å². The van der Waals surface area contributed by atoms with E-state index in [1.165, 1.54) is 167 Å². The molecular weight excluding hydrogens is 1200 g/mol. The number of phosphoric ester groups is 2. The highest BCUT2D eigenvalue weighted by Gasteiger charge is 2.30. The molecule has 0 spiro atoms. The van der Waals surface area contributed by atoms with Gasteiger partial charge in [-0.05, 0) is 43.4 Å². The molecule has 0 aromatic carbocycles. The fraction of sp³-hybridized carbons (Fsp3) is 0.944. The molecule has 0 aliphatic heterocycles. The number of phosphoric acid groups is 2. The summed E-state index contributed by atoms with van der Waals surface area (Å²) >= 11 is 0. The smallest absolute Gasteiger partial charge is 0.462 e. The first-order valence-corrected chi connectivity index (χ1v) is 40.3. The molecule has 0 rings (SSSR count). The van der Waals surface area contributed by atoms with E-state index in [-0.39, 0.29) is 25.7 Å². The molecule has 0 aromatic rings. The summed E-state index contributed by atoms with van der Waals surface area (Å²) in [6.45, 7) is 11.8. The number of carbonyl (C=O) groups excluding carboxylic acids is 4. The van der Waals surface area contributed by atoms with E-state index >= 15 is 0 Å². The maximum Gasteiger partial charge on any atom is 0.472 e. The Morgan fingerprint density at radius 2 is 0.505 bits per heavy atom. The van der Waals surface area contributed by atoms with E-state index in [2.05, 4.69) is 48.5 Å². The van der Waals surface area contributed by atoms with Gasteiger partial charge in [0.2, 0.25) is 0 Å². The molecule has 91 heavy (non-hydrogen) atoms. The zero-order chi connectivity index (χ0) is 67.3. The van der Waals surface area contributed by atoms with Crippen LogP contribution in [0.15, 0.2) is 0 Å². The fourth-order valence-electron chi connectivity index (χ4n) is 10.9. The van der Waals surface area contributed by atoms with Gasteiger partial charge in [-0.1, -0.05) is 312 Å². The zero-order valence-electron chi connectivity index (χ0n) is 59.3. The second-order valence-electron chi connectivity index (χ2n) is 27.4. The Bertz CT molecular complexity index is 1780. The van der Waals surface area contributed by atoms with Gasteiger partial charge in [-0.25, -0.2) is 9.13 Å². The third kappa shape index (κ3) is 66.5. The van der Waals surface area contributed by atoms with Crippen LogP contribution in [0, 0.1) is 17.8 Å². The van der Waals surface area contributed by atoms with Crippen molar-refractivity contribution < 1.29 is 80.2 Å². The van der Waals surface area contributed by atoms with Crippen molar-refractivity contribution in [1.82, 2.24) is 0 Å². The van der Waals surface area contributed by atoms with Crippen LogP contribution in [-0.2, 0) is 65.4 Å². The SMILES string of the molecule is CCCCCCCCCCCCC(=O)O[C@H](COC(=O)CCCCCCCCC(C)C)COP(=O)(O)OC[C@H](O)COP(=O)(O)OC[C@@H](COC(=O)CCCCCCCCCCCCC(C)C)OC(=O)CCCCCCCCCCCCCCCCCCC(C)C. The summed E-state index contributed by atoms with van der Waals surface area (Å²) in [6.07, 6.45) is 47.4. The monoisotopic (exact) mass is 1340 g/mol. The maximum atomic E-state index is 13.0. The molecule has 0 aliphatic rings. The highest BCUT2D eigenvalue weighted by atomic mass is 31.2. The van der Waals surface area contributed by atoms with Crippen LogP contribution in [0.1, 0.15) is 363 Å². The molecular formula is C72H140O17P2. The summed E-state index contributed by atoms with van der Waals surface area (Å²) in [7, 11) is -9.90. The molecule has 0 saturated heterocycles.